The standard InChI is InChI=1S/C11H11ClO/c12-6-1-2-7-8-3-4-9(11(8)13)10(7)5-6/h1-2,5,8-9,11,13H,3-4H2/t8-,9+,11+/m1/s1. The van der Waals surface area contributed by atoms with Gasteiger partial charge in [-0.25, -0.2) is 0 Å². The van der Waals surface area contributed by atoms with Crippen LogP contribution in [0.5, 0.6) is 0 Å². The van der Waals surface area contributed by atoms with Gasteiger partial charge in [-0.1, -0.05) is 17.7 Å². The summed E-state index contributed by atoms with van der Waals surface area (Å²) in [7, 11) is 0. The fourth-order valence-electron chi connectivity index (χ4n) is 2.86. The predicted molar refractivity (Wildman–Crippen MR) is 52.2 cm³/mol. The van der Waals surface area contributed by atoms with E-state index < -0.39 is 0 Å². The highest BCUT2D eigenvalue weighted by molar-refractivity contribution is 6.30. The van der Waals surface area contributed by atoms with Gasteiger partial charge in [0.15, 0.2) is 0 Å². The third-order valence-electron chi connectivity index (χ3n) is 3.46. The van der Waals surface area contributed by atoms with Gasteiger partial charge in [-0.3, -0.25) is 0 Å². The Morgan fingerprint density at radius 2 is 1.85 bits per heavy atom. The van der Waals surface area contributed by atoms with Crippen molar-refractivity contribution in [2.24, 2.45) is 0 Å². The molecule has 2 aliphatic rings. The molecule has 2 bridgehead atoms. The number of hydrogen-bond acceptors (Lipinski definition) is 1. The lowest BCUT2D eigenvalue weighted by atomic mass is 9.92. The van der Waals surface area contributed by atoms with Gasteiger partial charge in [-0.15, -0.1) is 0 Å². The molecule has 3 rings (SSSR count). The second kappa shape index (κ2) is 2.49. The molecule has 0 aromatic heterocycles. The first-order valence-corrected chi connectivity index (χ1v) is 5.12. The van der Waals surface area contributed by atoms with E-state index in [4.69, 9.17) is 11.6 Å². The monoisotopic (exact) mass is 194 g/mol. The summed E-state index contributed by atoms with van der Waals surface area (Å²) < 4.78 is 0. The molecule has 1 aromatic rings. The van der Waals surface area contributed by atoms with Gasteiger partial charge in [0.25, 0.3) is 0 Å². The predicted octanol–water partition coefficient (Wildman–Crippen LogP) is 2.68. The highest BCUT2D eigenvalue weighted by Gasteiger charge is 2.44. The molecule has 1 saturated carbocycles. The summed E-state index contributed by atoms with van der Waals surface area (Å²) >= 11 is 5.93. The van der Waals surface area contributed by atoms with E-state index in [9.17, 15) is 5.11 Å². The number of aliphatic hydroxyl groups is 1. The largest absolute Gasteiger partial charge is 0.392 e. The van der Waals surface area contributed by atoms with Crippen LogP contribution in [-0.2, 0) is 0 Å². The number of halogens is 1. The lowest BCUT2D eigenvalue weighted by molar-refractivity contribution is 0.159. The van der Waals surface area contributed by atoms with E-state index in [1.165, 1.54) is 11.1 Å². The summed E-state index contributed by atoms with van der Waals surface area (Å²) in [6.45, 7) is 0. The van der Waals surface area contributed by atoms with Gasteiger partial charge in [-0.05, 0) is 36.1 Å². The number of aliphatic hydroxyl groups excluding tert-OH is 1. The third kappa shape index (κ3) is 0.918. The van der Waals surface area contributed by atoms with Crippen molar-refractivity contribution in [3.8, 4) is 0 Å². The van der Waals surface area contributed by atoms with E-state index >= 15 is 0 Å². The zero-order chi connectivity index (χ0) is 9.00. The summed E-state index contributed by atoms with van der Waals surface area (Å²) in [5, 5.41) is 10.7. The van der Waals surface area contributed by atoms with Crippen LogP contribution in [0, 0.1) is 0 Å². The van der Waals surface area contributed by atoms with Crippen molar-refractivity contribution in [3.05, 3.63) is 34.3 Å². The molecule has 1 fully saturated rings. The van der Waals surface area contributed by atoms with Gasteiger partial charge >= 0.3 is 0 Å². The second-order valence-electron chi connectivity index (χ2n) is 4.05. The number of benzene rings is 1. The maximum absolute atomic E-state index is 9.90. The van der Waals surface area contributed by atoms with Crippen molar-refractivity contribution < 1.29 is 5.11 Å². The Hall–Kier alpha value is -0.530. The minimum atomic E-state index is -0.145. The lowest BCUT2D eigenvalue weighted by Gasteiger charge is -2.13. The van der Waals surface area contributed by atoms with E-state index in [1.54, 1.807) is 0 Å². The third-order valence-corrected chi connectivity index (χ3v) is 3.70. The van der Waals surface area contributed by atoms with Crippen molar-refractivity contribution in [2.45, 2.75) is 30.8 Å². The molecule has 2 aliphatic carbocycles. The molecule has 1 N–H and O–H groups in total. The molecule has 13 heavy (non-hydrogen) atoms. The van der Waals surface area contributed by atoms with Crippen LogP contribution in [0.3, 0.4) is 0 Å². The van der Waals surface area contributed by atoms with Gasteiger partial charge in [0, 0.05) is 16.9 Å². The first kappa shape index (κ1) is 7.84. The summed E-state index contributed by atoms with van der Waals surface area (Å²) in [6.07, 6.45) is 2.12. The second-order valence-corrected chi connectivity index (χ2v) is 4.49. The molecule has 0 aliphatic heterocycles. The summed E-state index contributed by atoms with van der Waals surface area (Å²) in [5.74, 6) is 0.746. The number of fused-ring (bicyclic) bond motifs is 5. The van der Waals surface area contributed by atoms with Crippen molar-refractivity contribution in [1.29, 1.82) is 0 Å². The average molecular weight is 195 g/mol. The summed E-state index contributed by atoms with van der Waals surface area (Å²) in [5.41, 5.74) is 2.62. The van der Waals surface area contributed by atoms with Crippen LogP contribution in [0.15, 0.2) is 18.2 Å². The minimum absolute atomic E-state index is 0.145. The van der Waals surface area contributed by atoms with Crippen molar-refractivity contribution >= 4 is 11.6 Å². The average Bonchev–Trinajstić information content (AvgIpc) is 2.59. The zero-order valence-electron chi connectivity index (χ0n) is 7.20. The Morgan fingerprint density at radius 3 is 2.62 bits per heavy atom. The summed E-state index contributed by atoms with van der Waals surface area (Å²) in [6, 6.07) is 6.02. The van der Waals surface area contributed by atoms with Crippen LogP contribution in [-0.4, -0.2) is 11.2 Å². The minimum Gasteiger partial charge on any atom is -0.392 e. The normalized spacial score (nSPS) is 35.1. The molecule has 68 valence electrons. The molecular weight excluding hydrogens is 184 g/mol. The fourth-order valence-corrected chi connectivity index (χ4v) is 3.04. The molecule has 0 spiro atoms. The molecule has 1 aromatic carbocycles. The van der Waals surface area contributed by atoms with Crippen molar-refractivity contribution in [2.75, 3.05) is 0 Å². The summed E-state index contributed by atoms with van der Waals surface area (Å²) in [4.78, 5) is 0. The smallest absolute Gasteiger partial charge is 0.0677 e. The van der Waals surface area contributed by atoms with Crippen molar-refractivity contribution in [1.82, 2.24) is 0 Å². The lowest BCUT2D eigenvalue weighted by Crippen LogP contribution is -2.08. The van der Waals surface area contributed by atoms with Crippen molar-refractivity contribution in [3.63, 3.8) is 0 Å². The number of rotatable bonds is 0. The molecule has 1 nitrogen and oxygen atoms in total. The van der Waals surface area contributed by atoms with Crippen LogP contribution in [0.25, 0.3) is 0 Å². The fraction of sp³-hybridized carbons (Fsp3) is 0.455. The van der Waals surface area contributed by atoms with Crippen LogP contribution >= 0.6 is 11.6 Å². The zero-order valence-corrected chi connectivity index (χ0v) is 7.96. The molecule has 0 unspecified atom stereocenters. The molecule has 0 amide bonds. The van der Waals surface area contributed by atoms with Gasteiger partial charge in [0.05, 0.1) is 6.10 Å². The van der Waals surface area contributed by atoms with Crippen LogP contribution < -0.4 is 0 Å². The molecular formula is C11H11ClO. The van der Waals surface area contributed by atoms with Crippen LogP contribution in [0.1, 0.15) is 35.8 Å². The molecule has 2 heteroatoms. The molecule has 0 radical (unpaired) electrons. The highest BCUT2D eigenvalue weighted by atomic mass is 35.5. The Balaban J connectivity index is 2.19. The van der Waals surface area contributed by atoms with Gasteiger partial charge in [0.1, 0.15) is 0 Å². The van der Waals surface area contributed by atoms with E-state index in [0.717, 1.165) is 17.9 Å². The maximum atomic E-state index is 9.90. The van der Waals surface area contributed by atoms with E-state index in [0.29, 0.717) is 11.8 Å². The van der Waals surface area contributed by atoms with Gasteiger partial charge in [0.2, 0.25) is 0 Å². The number of hydrogen-bond donors (Lipinski definition) is 1. The first-order chi connectivity index (χ1) is 6.27. The topological polar surface area (TPSA) is 20.2 Å². The molecule has 3 atom stereocenters. The Kier molecular flexibility index (Phi) is 1.50. The van der Waals surface area contributed by atoms with Crippen LogP contribution in [0.2, 0.25) is 5.02 Å². The van der Waals surface area contributed by atoms with E-state index in [-0.39, 0.29) is 6.10 Å². The first-order valence-electron chi connectivity index (χ1n) is 4.75. The van der Waals surface area contributed by atoms with Gasteiger partial charge < -0.3 is 5.11 Å². The molecule has 0 heterocycles. The van der Waals surface area contributed by atoms with Gasteiger partial charge in [-0.2, -0.15) is 0 Å². The Bertz CT molecular complexity index is 361. The van der Waals surface area contributed by atoms with E-state index in [2.05, 4.69) is 6.07 Å². The quantitative estimate of drug-likeness (QED) is 0.674. The Labute approximate surface area is 82.3 Å². The SMILES string of the molecule is O[C@H]1[C@@H]2CC[C@H]1c1cc(Cl)ccc12. The molecule has 0 saturated heterocycles. The Morgan fingerprint density at radius 1 is 1.15 bits per heavy atom. The van der Waals surface area contributed by atoms with Crippen LogP contribution in [0.4, 0.5) is 0 Å². The maximum Gasteiger partial charge on any atom is 0.0677 e. The highest BCUT2D eigenvalue weighted by Crippen LogP contribution is 2.53. The van der Waals surface area contributed by atoms with E-state index in [1.807, 2.05) is 12.1 Å².